The summed E-state index contributed by atoms with van der Waals surface area (Å²) in [5, 5.41) is 0. The summed E-state index contributed by atoms with van der Waals surface area (Å²) >= 11 is 1.57. The zero-order chi connectivity index (χ0) is 12.3. The van der Waals surface area contributed by atoms with E-state index in [-0.39, 0.29) is 11.9 Å². The Morgan fingerprint density at radius 3 is 3.00 bits per heavy atom. The monoisotopic (exact) mass is 250 g/mol. The summed E-state index contributed by atoms with van der Waals surface area (Å²) in [6.07, 6.45) is 2.89. The number of nitrogens with zero attached hydrogens (tertiary/aromatic N) is 1. The lowest BCUT2D eigenvalue weighted by Crippen LogP contribution is -2.43. The molecule has 0 bridgehead atoms. The second-order valence-electron chi connectivity index (χ2n) is 4.22. The molecule has 0 radical (unpaired) electrons. The summed E-state index contributed by atoms with van der Waals surface area (Å²) in [6.45, 7) is 1.29. The second kappa shape index (κ2) is 5.56. The molecule has 1 aromatic rings. The van der Waals surface area contributed by atoms with Crippen LogP contribution in [0.5, 0.6) is 0 Å². The summed E-state index contributed by atoms with van der Waals surface area (Å²) in [6, 6.07) is 8.34. The Morgan fingerprint density at radius 2 is 2.29 bits per heavy atom. The average Bonchev–Trinajstić information content (AvgIpc) is 2.37. The lowest BCUT2D eigenvalue weighted by atomic mass is 9.92. The number of thioether (sulfide) groups is 1. The number of nitrogens with two attached hydrogens (primary N) is 1. The fraction of sp³-hybridized carbons (Fsp3) is 0.462. The molecule has 4 heteroatoms. The van der Waals surface area contributed by atoms with E-state index in [1.807, 2.05) is 23.3 Å². The summed E-state index contributed by atoms with van der Waals surface area (Å²) in [7, 11) is 0. The molecule has 1 aromatic carbocycles. The Labute approximate surface area is 106 Å². The van der Waals surface area contributed by atoms with Crippen molar-refractivity contribution in [1.29, 1.82) is 0 Å². The van der Waals surface area contributed by atoms with Crippen molar-refractivity contribution in [1.82, 2.24) is 4.90 Å². The summed E-state index contributed by atoms with van der Waals surface area (Å²) < 4.78 is 0. The first-order valence-electron chi connectivity index (χ1n) is 5.84. The van der Waals surface area contributed by atoms with Crippen molar-refractivity contribution >= 4 is 17.7 Å². The summed E-state index contributed by atoms with van der Waals surface area (Å²) in [5.74, 6) is 0.737. The molecule has 0 aliphatic carbocycles. The summed E-state index contributed by atoms with van der Waals surface area (Å²) in [4.78, 5) is 14.0. The number of fused-ring (bicyclic) bond motifs is 1. The highest BCUT2D eigenvalue weighted by Gasteiger charge is 2.28. The molecule has 0 saturated heterocycles. The van der Waals surface area contributed by atoms with E-state index >= 15 is 0 Å². The minimum absolute atomic E-state index is 0.0552. The predicted molar refractivity (Wildman–Crippen MR) is 72.0 cm³/mol. The van der Waals surface area contributed by atoms with E-state index in [2.05, 4.69) is 12.1 Å². The molecule has 1 atom stereocenters. The van der Waals surface area contributed by atoms with Gasteiger partial charge >= 0.3 is 0 Å². The molecule has 2 N–H and O–H groups in total. The third-order valence-corrected chi connectivity index (χ3v) is 3.76. The van der Waals surface area contributed by atoms with Crippen molar-refractivity contribution in [3.63, 3.8) is 0 Å². The van der Waals surface area contributed by atoms with Crippen LogP contribution in [0.1, 0.15) is 17.2 Å². The smallest absolute Gasteiger partial charge is 0.233 e. The van der Waals surface area contributed by atoms with Gasteiger partial charge in [-0.2, -0.15) is 11.8 Å². The molecule has 1 unspecified atom stereocenters. The number of carbonyl (C=O) groups excluding carboxylic acids is 1. The molecule has 0 fully saturated rings. The first-order valence-corrected chi connectivity index (χ1v) is 7.23. The third kappa shape index (κ3) is 2.48. The highest BCUT2D eigenvalue weighted by atomic mass is 32.2. The molecule has 1 aliphatic rings. The van der Waals surface area contributed by atoms with E-state index in [0.717, 1.165) is 13.0 Å². The van der Waals surface area contributed by atoms with E-state index in [0.29, 0.717) is 12.3 Å². The quantitative estimate of drug-likeness (QED) is 0.883. The Hall–Kier alpha value is -1.00. The van der Waals surface area contributed by atoms with Crippen LogP contribution in [0, 0.1) is 0 Å². The third-order valence-electron chi connectivity index (χ3n) is 3.22. The zero-order valence-corrected chi connectivity index (χ0v) is 10.9. The zero-order valence-electron chi connectivity index (χ0n) is 10.1. The molecular formula is C13H18N2OS. The van der Waals surface area contributed by atoms with Gasteiger partial charge in [-0.3, -0.25) is 4.79 Å². The van der Waals surface area contributed by atoms with Crippen LogP contribution in [-0.2, 0) is 11.2 Å². The normalized spacial score (nSPS) is 18.9. The topological polar surface area (TPSA) is 46.3 Å². The van der Waals surface area contributed by atoms with Crippen molar-refractivity contribution in [2.24, 2.45) is 5.73 Å². The Balaban J connectivity index is 2.26. The van der Waals surface area contributed by atoms with Crippen LogP contribution in [0.2, 0.25) is 0 Å². The van der Waals surface area contributed by atoms with E-state index in [1.165, 1.54) is 11.1 Å². The van der Waals surface area contributed by atoms with Crippen LogP contribution in [0.15, 0.2) is 24.3 Å². The SMILES string of the molecule is CSCC(=O)N1CCc2ccccc2C1CN. The van der Waals surface area contributed by atoms with Crippen molar-refractivity contribution in [3.05, 3.63) is 35.4 Å². The molecule has 1 heterocycles. The number of hydrogen-bond donors (Lipinski definition) is 1. The maximum Gasteiger partial charge on any atom is 0.233 e. The molecular weight excluding hydrogens is 232 g/mol. The van der Waals surface area contributed by atoms with E-state index in [9.17, 15) is 4.79 Å². The molecule has 1 aliphatic heterocycles. The lowest BCUT2D eigenvalue weighted by Gasteiger charge is -2.36. The maximum absolute atomic E-state index is 12.0. The fourth-order valence-corrected chi connectivity index (χ4v) is 2.82. The van der Waals surface area contributed by atoms with Crippen molar-refractivity contribution in [3.8, 4) is 0 Å². The molecule has 17 heavy (non-hydrogen) atoms. The Bertz CT molecular complexity index is 408. The van der Waals surface area contributed by atoms with Gasteiger partial charge in [0.15, 0.2) is 0 Å². The minimum atomic E-state index is 0.0552. The van der Waals surface area contributed by atoms with Gasteiger partial charge in [0.05, 0.1) is 11.8 Å². The van der Waals surface area contributed by atoms with Crippen LogP contribution in [0.3, 0.4) is 0 Å². The largest absolute Gasteiger partial charge is 0.333 e. The molecule has 1 amide bonds. The number of carbonyl (C=O) groups is 1. The highest BCUT2D eigenvalue weighted by Crippen LogP contribution is 2.29. The van der Waals surface area contributed by atoms with Crippen LogP contribution in [0.4, 0.5) is 0 Å². The molecule has 0 aromatic heterocycles. The van der Waals surface area contributed by atoms with E-state index in [1.54, 1.807) is 11.8 Å². The van der Waals surface area contributed by atoms with Crippen molar-refractivity contribution < 1.29 is 4.79 Å². The molecule has 0 spiro atoms. The maximum atomic E-state index is 12.0. The predicted octanol–water partition coefficient (Wildman–Crippen LogP) is 1.43. The van der Waals surface area contributed by atoms with Crippen LogP contribution in [-0.4, -0.2) is 35.9 Å². The minimum Gasteiger partial charge on any atom is -0.333 e. The van der Waals surface area contributed by atoms with Gasteiger partial charge in [-0.05, 0) is 23.8 Å². The Morgan fingerprint density at radius 1 is 1.53 bits per heavy atom. The molecule has 3 nitrogen and oxygen atoms in total. The molecule has 92 valence electrons. The van der Waals surface area contributed by atoms with Gasteiger partial charge in [-0.25, -0.2) is 0 Å². The second-order valence-corrected chi connectivity index (χ2v) is 5.09. The number of benzene rings is 1. The van der Waals surface area contributed by atoms with Crippen LogP contribution < -0.4 is 5.73 Å². The highest BCUT2D eigenvalue weighted by molar-refractivity contribution is 7.99. The Kier molecular flexibility index (Phi) is 4.07. The summed E-state index contributed by atoms with van der Waals surface area (Å²) in [5.41, 5.74) is 8.39. The van der Waals surface area contributed by atoms with E-state index in [4.69, 9.17) is 5.73 Å². The van der Waals surface area contributed by atoms with Gasteiger partial charge in [-0.1, -0.05) is 24.3 Å². The van der Waals surface area contributed by atoms with Crippen molar-refractivity contribution in [2.75, 3.05) is 25.1 Å². The number of amides is 1. The van der Waals surface area contributed by atoms with Gasteiger partial charge in [0.2, 0.25) is 5.91 Å². The standard InChI is InChI=1S/C13H18N2OS/c1-17-9-13(16)15-7-6-10-4-2-3-5-11(10)12(15)8-14/h2-5,12H,6-9,14H2,1H3. The van der Waals surface area contributed by atoms with E-state index < -0.39 is 0 Å². The average molecular weight is 250 g/mol. The van der Waals surface area contributed by atoms with Gasteiger partial charge in [0.1, 0.15) is 0 Å². The van der Waals surface area contributed by atoms with Gasteiger partial charge in [-0.15, -0.1) is 0 Å². The first kappa shape index (κ1) is 12.5. The van der Waals surface area contributed by atoms with Crippen LogP contribution in [0.25, 0.3) is 0 Å². The van der Waals surface area contributed by atoms with Crippen molar-refractivity contribution in [2.45, 2.75) is 12.5 Å². The van der Waals surface area contributed by atoms with Crippen LogP contribution >= 0.6 is 11.8 Å². The molecule has 2 rings (SSSR count). The number of hydrogen-bond acceptors (Lipinski definition) is 3. The fourth-order valence-electron chi connectivity index (χ4n) is 2.41. The van der Waals surface area contributed by atoms with Gasteiger partial charge in [0.25, 0.3) is 0 Å². The van der Waals surface area contributed by atoms with Gasteiger partial charge in [0, 0.05) is 13.1 Å². The first-order chi connectivity index (χ1) is 8.27. The number of rotatable bonds is 3. The van der Waals surface area contributed by atoms with Gasteiger partial charge < -0.3 is 10.6 Å². The molecule has 0 saturated carbocycles. The lowest BCUT2D eigenvalue weighted by molar-refractivity contribution is -0.131.